The van der Waals surface area contributed by atoms with E-state index in [9.17, 15) is 4.79 Å². The summed E-state index contributed by atoms with van der Waals surface area (Å²) in [6.45, 7) is 0. The minimum atomic E-state index is 0.218. The molecule has 25 heavy (non-hydrogen) atoms. The highest BCUT2D eigenvalue weighted by atomic mass is 16.5. The van der Waals surface area contributed by atoms with Gasteiger partial charge in [-0.05, 0) is 111 Å². The van der Waals surface area contributed by atoms with Crippen LogP contribution in [0.3, 0.4) is 0 Å². The van der Waals surface area contributed by atoms with Crippen molar-refractivity contribution < 1.29 is 9.53 Å². The Hall–Kier alpha value is -0.790. The Labute approximate surface area is 150 Å². The van der Waals surface area contributed by atoms with Crippen LogP contribution >= 0.6 is 0 Å². The van der Waals surface area contributed by atoms with E-state index >= 15 is 0 Å². The second-order valence-electron chi connectivity index (χ2n) is 10.9. The molecule has 0 spiro atoms. The van der Waals surface area contributed by atoms with Crippen LogP contribution < -0.4 is 0 Å². The van der Waals surface area contributed by atoms with E-state index < -0.39 is 0 Å². The summed E-state index contributed by atoms with van der Waals surface area (Å²) >= 11 is 0. The molecule has 0 aromatic carbocycles. The van der Waals surface area contributed by atoms with Crippen LogP contribution in [-0.2, 0) is 9.53 Å². The number of allylic oxidation sites excluding steroid dienone is 2. The summed E-state index contributed by atoms with van der Waals surface area (Å²) in [5.41, 5.74) is 0. The number of carbonyl (C=O) groups is 1. The van der Waals surface area contributed by atoms with E-state index in [0.29, 0.717) is 17.8 Å². The Bertz CT molecular complexity index is 622. The third kappa shape index (κ3) is 1.80. The van der Waals surface area contributed by atoms with Crippen LogP contribution in [0.1, 0.15) is 51.4 Å². The highest BCUT2D eigenvalue weighted by molar-refractivity contribution is 5.74. The predicted octanol–water partition coefficient (Wildman–Crippen LogP) is 4.45. The molecule has 0 N–H and O–H groups in total. The Kier molecular flexibility index (Phi) is 2.70. The van der Waals surface area contributed by atoms with Gasteiger partial charge in [0.05, 0.1) is 5.92 Å². The molecule has 0 aromatic heterocycles. The van der Waals surface area contributed by atoms with E-state index in [2.05, 4.69) is 12.2 Å². The molecule has 2 nitrogen and oxygen atoms in total. The van der Waals surface area contributed by atoms with E-state index in [-0.39, 0.29) is 18.0 Å². The van der Waals surface area contributed by atoms with E-state index in [1.807, 2.05) is 0 Å². The maximum Gasteiger partial charge on any atom is 0.309 e. The molecular weight excluding hydrogens is 308 g/mol. The minimum absolute atomic E-state index is 0.218. The van der Waals surface area contributed by atoms with E-state index in [1.54, 1.807) is 0 Å². The first kappa shape index (κ1) is 14.3. The topological polar surface area (TPSA) is 26.3 Å². The molecule has 134 valence electrons. The maximum absolute atomic E-state index is 13.2. The molecule has 0 amide bonds. The van der Waals surface area contributed by atoms with Gasteiger partial charge in [0.25, 0.3) is 0 Å². The van der Waals surface area contributed by atoms with Crippen LogP contribution in [0.15, 0.2) is 12.2 Å². The van der Waals surface area contributed by atoms with Gasteiger partial charge >= 0.3 is 5.97 Å². The Balaban J connectivity index is 1.10. The van der Waals surface area contributed by atoms with Crippen molar-refractivity contribution in [2.45, 2.75) is 57.5 Å². The first-order valence-electron chi connectivity index (χ1n) is 11.1. The van der Waals surface area contributed by atoms with Crippen molar-refractivity contribution in [3.8, 4) is 0 Å². The van der Waals surface area contributed by atoms with Gasteiger partial charge < -0.3 is 4.74 Å². The first-order chi connectivity index (χ1) is 12.2. The SMILES string of the molecule is O=C(OC1C2CC3CC(C2)CC1C3)C1CC2CC1C1C3C=CC(C3)C21. The molecule has 7 saturated carbocycles. The molecule has 0 aliphatic heterocycles. The van der Waals surface area contributed by atoms with Crippen molar-refractivity contribution in [2.75, 3.05) is 0 Å². The number of rotatable bonds is 2. The molecule has 7 fully saturated rings. The van der Waals surface area contributed by atoms with Crippen LogP contribution in [0, 0.1) is 65.1 Å². The number of hydrogen-bond donors (Lipinski definition) is 0. The van der Waals surface area contributed by atoms with Gasteiger partial charge in [-0.2, -0.15) is 0 Å². The van der Waals surface area contributed by atoms with Gasteiger partial charge in [-0.15, -0.1) is 0 Å². The highest BCUT2D eigenvalue weighted by Gasteiger charge is 2.63. The highest BCUT2D eigenvalue weighted by Crippen LogP contribution is 2.67. The molecule has 0 saturated heterocycles. The van der Waals surface area contributed by atoms with E-state index in [1.165, 1.54) is 44.9 Å². The summed E-state index contributed by atoms with van der Waals surface area (Å²) in [7, 11) is 0. The van der Waals surface area contributed by atoms with Gasteiger partial charge in [0.15, 0.2) is 0 Å². The van der Waals surface area contributed by atoms with Crippen molar-refractivity contribution in [2.24, 2.45) is 65.1 Å². The molecule has 8 aliphatic rings. The van der Waals surface area contributed by atoms with E-state index in [0.717, 1.165) is 47.8 Å². The van der Waals surface area contributed by atoms with Crippen molar-refractivity contribution in [3.63, 3.8) is 0 Å². The van der Waals surface area contributed by atoms with Gasteiger partial charge in [-0.3, -0.25) is 4.79 Å². The molecular formula is C23H30O2. The number of esters is 1. The number of ether oxygens (including phenoxy) is 1. The lowest BCUT2D eigenvalue weighted by Crippen LogP contribution is -2.50. The molecule has 0 aromatic rings. The van der Waals surface area contributed by atoms with Crippen molar-refractivity contribution in [1.82, 2.24) is 0 Å². The molecule has 0 radical (unpaired) electrons. The molecule has 7 unspecified atom stereocenters. The normalized spacial score (nSPS) is 61.9. The molecule has 7 atom stereocenters. The zero-order valence-electron chi connectivity index (χ0n) is 15.1. The van der Waals surface area contributed by atoms with Crippen molar-refractivity contribution in [1.29, 1.82) is 0 Å². The summed E-state index contributed by atoms with van der Waals surface area (Å²) < 4.78 is 6.34. The average Bonchev–Trinajstić information content (AvgIpc) is 3.35. The van der Waals surface area contributed by atoms with Crippen LogP contribution in [0.4, 0.5) is 0 Å². The Morgan fingerprint density at radius 1 is 0.720 bits per heavy atom. The van der Waals surface area contributed by atoms with Gasteiger partial charge in [-0.1, -0.05) is 12.2 Å². The Morgan fingerprint density at radius 3 is 2.12 bits per heavy atom. The summed E-state index contributed by atoms with van der Waals surface area (Å²) in [5, 5.41) is 0. The fourth-order valence-electron chi connectivity index (χ4n) is 9.58. The first-order valence-corrected chi connectivity index (χ1v) is 11.1. The predicted molar refractivity (Wildman–Crippen MR) is 94.3 cm³/mol. The van der Waals surface area contributed by atoms with E-state index in [4.69, 9.17) is 4.74 Å². The lowest BCUT2D eigenvalue weighted by Gasteiger charge is -2.53. The summed E-state index contributed by atoms with van der Waals surface area (Å²) in [5.74, 6) is 8.66. The molecule has 0 heterocycles. The molecule has 8 aliphatic carbocycles. The van der Waals surface area contributed by atoms with Gasteiger partial charge in [-0.25, -0.2) is 0 Å². The smallest absolute Gasteiger partial charge is 0.309 e. The van der Waals surface area contributed by atoms with Crippen LogP contribution in [0.2, 0.25) is 0 Å². The Morgan fingerprint density at radius 2 is 1.40 bits per heavy atom. The van der Waals surface area contributed by atoms with Crippen LogP contribution in [-0.4, -0.2) is 12.1 Å². The number of carbonyl (C=O) groups excluding carboxylic acids is 1. The van der Waals surface area contributed by atoms with Crippen LogP contribution in [0.5, 0.6) is 0 Å². The fraction of sp³-hybridized carbons (Fsp3) is 0.870. The second kappa shape index (κ2) is 4.73. The van der Waals surface area contributed by atoms with Gasteiger partial charge in [0.1, 0.15) is 6.10 Å². The molecule has 2 heteroatoms. The maximum atomic E-state index is 13.2. The summed E-state index contributed by atoms with van der Waals surface area (Å²) in [6.07, 6.45) is 16.0. The van der Waals surface area contributed by atoms with Crippen molar-refractivity contribution in [3.05, 3.63) is 12.2 Å². The fourth-order valence-corrected chi connectivity index (χ4v) is 9.58. The molecule has 8 bridgehead atoms. The minimum Gasteiger partial charge on any atom is -0.462 e. The third-order valence-corrected chi connectivity index (χ3v) is 9.97. The average molecular weight is 338 g/mol. The largest absolute Gasteiger partial charge is 0.462 e. The lowest BCUT2D eigenvalue weighted by atomic mass is 9.55. The molecule has 8 rings (SSSR count). The number of hydrogen-bond acceptors (Lipinski definition) is 2. The van der Waals surface area contributed by atoms with Gasteiger partial charge in [0.2, 0.25) is 0 Å². The van der Waals surface area contributed by atoms with Gasteiger partial charge in [0, 0.05) is 0 Å². The zero-order chi connectivity index (χ0) is 16.3. The second-order valence-corrected chi connectivity index (χ2v) is 10.9. The quantitative estimate of drug-likeness (QED) is 0.422. The summed E-state index contributed by atoms with van der Waals surface area (Å²) in [4.78, 5) is 13.2. The zero-order valence-corrected chi connectivity index (χ0v) is 15.1. The van der Waals surface area contributed by atoms with Crippen molar-refractivity contribution >= 4 is 5.97 Å². The standard InChI is InChI=1S/C23H30O2/c24-23(25-22-16-4-11-3-12(6-16)7-17(22)5-11)19-10-15-9-18(19)21-14-2-1-13(8-14)20(15)21/h1-2,11-22H,3-10H2. The number of fused-ring (bicyclic) bond motifs is 9. The third-order valence-electron chi connectivity index (χ3n) is 9.97. The monoisotopic (exact) mass is 338 g/mol. The lowest BCUT2D eigenvalue weighted by molar-refractivity contribution is -0.178. The van der Waals surface area contributed by atoms with Crippen LogP contribution in [0.25, 0.3) is 0 Å². The summed E-state index contributed by atoms with van der Waals surface area (Å²) in [6, 6.07) is 0.